The summed E-state index contributed by atoms with van der Waals surface area (Å²) < 4.78 is 7.15. The zero-order chi connectivity index (χ0) is 17.4. The SMILES string of the molecule is O=c1cnc2ccc(Cl)cc2n1Cc1nnc(-c2ccccc2Cl)o1. The predicted octanol–water partition coefficient (Wildman–Crippen LogP) is 3.80. The lowest BCUT2D eigenvalue weighted by Gasteiger charge is -2.07. The molecule has 4 aromatic rings. The molecule has 0 saturated heterocycles. The smallest absolute Gasteiger partial charge is 0.269 e. The van der Waals surface area contributed by atoms with E-state index in [1.165, 1.54) is 10.8 Å². The molecule has 0 spiro atoms. The maximum absolute atomic E-state index is 12.2. The van der Waals surface area contributed by atoms with Crippen molar-refractivity contribution in [1.29, 1.82) is 0 Å². The van der Waals surface area contributed by atoms with E-state index < -0.39 is 0 Å². The third-order valence-electron chi connectivity index (χ3n) is 3.67. The molecule has 0 aliphatic carbocycles. The minimum atomic E-state index is -0.285. The van der Waals surface area contributed by atoms with E-state index in [-0.39, 0.29) is 18.0 Å². The van der Waals surface area contributed by atoms with Crippen LogP contribution in [0.2, 0.25) is 10.0 Å². The van der Waals surface area contributed by atoms with E-state index in [0.29, 0.717) is 32.5 Å². The summed E-state index contributed by atoms with van der Waals surface area (Å²) in [5.41, 5.74) is 1.59. The fraction of sp³-hybridized carbons (Fsp3) is 0.0588. The summed E-state index contributed by atoms with van der Waals surface area (Å²) in [6.45, 7) is 0.107. The van der Waals surface area contributed by atoms with Crippen LogP contribution in [0.4, 0.5) is 0 Å². The second-order valence-corrected chi connectivity index (χ2v) is 6.14. The zero-order valence-electron chi connectivity index (χ0n) is 12.7. The molecule has 124 valence electrons. The molecule has 0 N–H and O–H groups in total. The first-order chi connectivity index (χ1) is 12.1. The topological polar surface area (TPSA) is 73.8 Å². The summed E-state index contributed by atoms with van der Waals surface area (Å²) in [6.07, 6.45) is 1.25. The molecule has 2 aromatic heterocycles. The van der Waals surface area contributed by atoms with Crippen molar-refractivity contribution in [2.45, 2.75) is 6.54 Å². The van der Waals surface area contributed by atoms with E-state index in [1.807, 2.05) is 12.1 Å². The van der Waals surface area contributed by atoms with Gasteiger partial charge in [0.15, 0.2) is 0 Å². The lowest BCUT2D eigenvalue weighted by atomic mass is 10.2. The Bertz CT molecular complexity index is 1140. The number of fused-ring (bicyclic) bond motifs is 1. The molecule has 2 aromatic carbocycles. The van der Waals surface area contributed by atoms with Gasteiger partial charge in [0, 0.05) is 5.02 Å². The molecule has 0 bridgehead atoms. The van der Waals surface area contributed by atoms with Crippen LogP contribution >= 0.6 is 23.2 Å². The first-order valence-corrected chi connectivity index (χ1v) is 8.10. The van der Waals surface area contributed by atoms with Gasteiger partial charge in [0.1, 0.15) is 6.54 Å². The molecule has 0 unspecified atom stereocenters. The molecule has 2 heterocycles. The van der Waals surface area contributed by atoms with Crippen LogP contribution in [-0.2, 0) is 6.54 Å². The normalized spacial score (nSPS) is 11.1. The zero-order valence-corrected chi connectivity index (χ0v) is 14.2. The van der Waals surface area contributed by atoms with Gasteiger partial charge < -0.3 is 4.42 Å². The number of hydrogen-bond donors (Lipinski definition) is 0. The summed E-state index contributed by atoms with van der Waals surface area (Å²) in [4.78, 5) is 16.3. The molecule has 4 rings (SSSR count). The highest BCUT2D eigenvalue weighted by atomic mass is 35.5. The Kier molecular flexibility index (Phi) is 3.99. The second kappa shape index (κ2) is 6.31. The molecule has 8 heteroatoms. The van der Waals surface area contributed by atoms with Crippen LogP contribution in [0.5, 0.6) is 0 Å². The third-order valence-corrected chi connectivity index (χ3v) is 4.24. The first-order valence-electron chi connectivity index (χ1n) is 7.34. The second-order valence-electron chi connectivity index (χ2n) is 5.30. The number of rotatable bonds is 3. The van der Waals surface area contributed by atoms with Crippen LogP contribution in [-0.4, -0.2) is 19.7 Å². The lowest BCUT2D eigenvalue weighted by molar-refractivity contribution is 0.488. The van der Waals surface area contributed by atoms with Crippen molar-refractivity contribution in [2.75, 3.05) is 0 Å². The number of nitrogens with zero attached hydrogens (tertiary/aromatic N) is 4. The van der Waals surface area contributed by atoms with Gasteiger partial charge in [-0.15, -0.1) is 10.2 Å². The van der Waals surface area contributed by atoms with Gasteiger partial charge in [-0.25, -0.2) is 4.98 Å². The molecule has 0 saturated carbocycles. The molecular formula is C17H10Cl2N4O2. The maximum atomic E-state index is 12.2. The van der Waals surface area contributed by atoms with Gasteiger partial charge >= 0.3 is 0 Å². The standard InChI is InChI=1S/C17H10Cl2N4O2/c18-10-5-6-13-14(7-10)23(16(24)8-20-13)9-15-21-22-17(25-15)11-3-1-2-4-12(11)19/h1-8H,9H2. The molecule has 0 fully saturated rings. The molecule has 25 heavy (non-hydrogen) atoms. The fourth-order valence-corrected chi connectivity index (χ4v) is 2.88. The Morgan fingerprint density at radius 2 is 1.92 bits per heavy atom. The minimum absolute atomic E-state index is 0.107. The van der Waals surface area contributed by atoms with E-state index >= 15 is 0 Å². The van der Waals surface area contributed by atoms with Gasteiger partial charge in [0.2, 0.25) is 11.8 Å². The molecule has 0 aliphatic rings. The fourth-order valence-electron chi connectivity index (χ4n) is 2.49. The molecule has 6 nitrogen and oxygen atoms in total. The summed E-state index contributed by atoms with van der Waals surface area (Å²) in [6, 6.07) is 12.3. The summed E-state index contributed by atoms with van der Waals surface area (Å²) >= 11 is 12.2. The highest BCUT2D eigenvalue weighted by Crippen LogP contribution is 2.26. The van der Waals surface area contributed by atoms with Crippen molar-refractivity contribution < 1.29 is 4.42 Å². The number of benzene rings is 2. The lowest BCUT2D eigenvalue weighted by Crippen LogP contribution is -2.21. The average molecular weight is 373 g/mol. The average Bonchev–Trinajstić information content (AvgIpc) is 3.06. The van der Waals surface area contributed by atoms with Crippen LogP contribution in [0, 0.1) is 0 Å². The van der Waals surface area contributed by atoms with E-state index in [0.717, 1.165) is 0 Å². The van der Waals surface area contributed by atoms with Crippen molar-refractivity contribution >= 4 is 34.2 Å². The van der Waals surface area contributed by atoms with Crippen LogP contribution in [0.1, 0.15) is 5.89 Å². The highest BCUT2D eigenvalue weighted by Gasteiger charge is 2.14. The van der Waals surface area contributed by atoms with Gasteiger partial charge in [0.25, 0.3) is 5.56 Å². The Hall–Kier alpha value is -2.70. The number of hydrogen-bond acceptors (Lipinski definition) is 5. The van der Waals surface area contributed by atoms with Crippen molar-refractivity contribution in [2.24, 2.45) is 0 Å². The number of aromatic nitrogens is 4. The Balaban J connectivity index is 1.76. The quantitative estimate of drug-likeness (QED) is 0.546. The van der Waals surface area contributed by atoms with Crippen molar-refractivity contribution in [3.8, 4) is 11.5 Å². The summed E-state index contributed by atoms with van der Waals surface area (Å²) in [7, 11) is 0. The van der Waals surface area contributed by atoms with Crippen LogP contribution < -0.4 is 5.56 Å². The third kappa shape index (κ3) is 3.01. The monoisotopic (exact) mass is 372 g/mol. The van der Waals surface area contributed by atoms with E-state index in [9.17, 15) is 4.79 Å². The van der Waals surface area contributed by atoms with Crippen molar-refractivity contribution in [3.05, 3.63) is 75.0 Å². The van der Waals surface area contributed by atoms with Gasteiger partial charge in [0.05, 0.1) is 27.8 Å². The summed E-state index contributed by atoms with van der Waals surface area (Å²) in [5, 5.41) is 9.04. The minimum Gasteiger partial charge on any atom is -0.419 e. The van der Waals surface area contributed by atoms with Crippen LogP contribution in [0.3, 0.4) is 0 Å². The molecular weight excluding hydrogens is 363 g/mol. The van der Waals surface area contributed by atoms with Crippen LogP contribution in [0.25, 0.3) is 22.5 Å². The highest BCUT2D eigenvalue weighted by molar-refractivity contribution is 6.33. The molecule has 0 aliphatic heterocycles. The van der Waals surface area contributed by atoms with Crippen LogP contribution in [0.15, 0.2) is 57.9 Å². The van der Waals surface area contributed by atoms with Crippen molar-refractivity contribution in [3.63, 3.8) is 0 Å². The van der Waals surface area contributed by atoms with E-state index in [1.54, 1.807) is 30.3 Å². The van der Waals surface area contributed by atoms with Crippen molar-refractivity contribution in [1.82, 2.24) is 19.7 Å². The predicted molar refractivity (Wildman–Crippen MR) is 94.9 cm³/mol. The Morgan fingerprint density at radius 3 is 2.76 bits per heavy atom. The van der Waals surface area contributed by atoms with Gasteiger partial charge in [-0.05, 0) is 30.3 Å². The van der Waals surface area contributed by atoms with E-state index in [4.69, 9.17) is 27.6 Å². The van der Waals surface area contributed by atoms with Gasteiger partial charge in [-0.1, -0.05) is 35.3 Å². The Morgan fingerprint density at radius 1 is 1.08 bits per heavy atom. The molecule has 0 radical (unpaired) electrons. The molecule has 0 atom stereocenters. The number of halogens is 2. The maximum Gasteiger partial charge on any atom is 0.269 e. The first kappa shape index (κ1) is 15.8. The largest absolute Gasteiger partial charge is 0.419 e. The summed E-state index contributed by atoms with van der Waals surface area (Å²) in [5.74, 6) is 0.578. The van der Waals surface area contributed by atoms with E-state index in [2.05, 4.69) is 15.2 Å². The Labute approximate surface area is 151 Å². The van der Waals surface area contributed by atoms with Gasteiger partial charge in [-0.3, -0.25) is 9.36 Å². The van der Waals surface area contributed by atoms with Gasteiger partial charge in [-0.2, -0.15) is 0 Å². The molecule has 0 amide bonds.